The summed E-state index contributed by atoms with van der Waals surface area (Å²) < 4.78 is 0. The topological polar surface area (TPSA) is 111 Å². The quantitative estimate of drug-likeness (QED) is 0.165. The molecule has 0 aliphatic carbocycles. The molecule has 1 aliphatic heterocycles. The number of nitrogens with one attached hydrogen (secondary N) is 5. The lowest BCUT2D eigenvalue weighted by atomic mass is 9.89. The van der Waals surface area contributed by atoms with Gasteiger partial charge in [0, 0.05) is 55.4 Å². The van der Waals surface area contributed by atoms with E-state index in [1.54, 1.807) is 0 Å². The zero-order valence-corrected chi connectivity index (χ0v) is 26.9. The minimum absolute atomic E-state index is 0.0281. The lowest BCUT2D eigenvalue weighted by molar-refractivity contribution is -0.126. The van der Waals surface area contributed by atoms with Crippen molar-refractivity contribution >= 4 is 17.6 Å². The molecule has 0 aromatic rings. The standard InChI is InChI=1S/C32H63N5O3/c1-24(2)33-17-11-8-14-26-20-29(38)22-27(15-10-13-19-35-32(5,6)7)36-31(40)23-28(37-30(39)21-26)16-9-12-18-34-25(3)4/h24-28,33-35H,8-23H2,1-7H3,(H,36,40)(H,37,39). The number of rotatable bonds is 17. The van der Waals surface area contributed by atoms with Crippen molar-refractivity contribution in [3.05, 3.63) is 0 Å². The molecule has 8 nitrogen and oxygen atoms in total. The van der Waals surface area contributed by atoms with Crippen LogP contribution in [0.4, 0.5) is 0 Å². The van der Waals surface area contributed by atoms with Crippen LogP contribution in [0.3, 0.4) is 0 Å². The maximum atomic E-state index is 13.1. The molecule has 234 valence electrons. The predicted octanol–water partition coefficient (Wildman–Crippen LogP) is 4.61. The smallest absolute Gasteiger partial charge is 0.222 e. The van der Waals surface area contributed by atoms with E-state index < -0.39 is 0 Å². The number of Topliss-reactive ketones (excluding diaryl/α,β-unsaturated/α-hetero) is 1. The number of hydrogen-bond acceptors (Lipinski definition) is 6. The molecule has 0 bridgehead atoms. The summed E-state index contributed by atoms with van der Waals surface area (Å²) in [7, 11) is 0. The fourth-order valence-corrected chi connectivity index (χ4v) is 5.30. The first-order valence-electron chi connectivity index (χ1n) is 16.2. The van der Waals surface area contributed by atoms with E-state index in [2.05, 4.69) is 75.1 Å². The zero-order chi connectivity index (χ0) is 30.0. The highest BCUT2D eigenvalue weighted by Crippen LogP contribution is 2.21. The Bertz CT molecular complexity index is 674. The summed E-state index contributed by atoms with van der Waals surface area (Å²) >= 11 is 0. The van der Waals surface area contributed by atoms with Gasteiger partial charge in [-0.05, 0) is 84.8 Å². The molecule has 1 fully saturated rings. The molecule has 0 aromatic heterocycles. The number of carbonyl (C=O) groups excluding carboxylic acids is 3. The van der Waals surface area contributed by atoms with Gasteiger partial charge in [-0.3, -0.25) is 14.4 Å². The van der Waals surface area contributed by atoms with Gasteiger partial charge in [0.05, 0.1) is 0 Å². The van der Waals surface area contributed by atoms with Gasteiger partial charge in [-0.25, -0.2) is 0 Å². The third-order valence-corrected chi connectivity index (χ3v) is 7.38. The van der Waals surface area contributed by atoms with Crippen LogP contribution < -0.4 is 26.6 Å². The Hall–Kier alpha value is -1.51. The van der Waals surface area contributed by atoms with Crippen LogP contribution in [0, 0.1) is 5.92 Å². The van der Waals surface area contributed by atoms with Gasteiger partial charge in [0.2, 0.25) is 11.8 Å². The van der Waals surface area contributed by atoms with Crippen LogP contribution in [0.15, 0.2) is 0 Å². The minimum atomic E-state index is -0.172. The van der Waals surface area contributed by atoms with Crippen LogP contribution in [-0.2, 0) is 14.4 Å². The monoisotopic (exact) mass is 565 g/mol. The van der Waals surface area contributed by atoms with E-state index in [1.807, 2.05) is 0 Å². The van der Waals surface area contributed by atoms with E-state index in [0.29, 0.717) is 31.3 Å². The van der Waals surface area contributed by atoms with Crippen molar-refractivity contribution < 1.29 is 14.4 Å². The first-order valence-corrected chi connectivity index (χ1v) is 16.2. The van der Waals surface area contributed by atoms with Crippen LogP contribution in [0.1, 0.15) is 132 Å². The van der Waals surface area contributed by atoms with Crippen molar-refractivity contribution in [3.63, 3.8) is 0 Å². The first kappa shape index (κ1) is 36.5. The van der Waals surface area contributed by atoms with Gasteiger partial charge in [0.1, 0.15) is 5.78 Å². The second-order valence-electron chi connectivity index (χ2n) is 13.6. The lowest BCUT2D eigenvalue weighted by Crippen LogP contribution is -2.44. The Morgan fingerprint density at radius 3 is 1.65 bits per heavy atom. The van der Waals surface area contributed by atoms with Crippen molar-refractivity contribution in [1.82, 2.24) is 26.6 Å². The maximum Gasteiger partial charge on any atom is 0.222 e. The van der Waals surface area contributed by atoms with Crippen molar-refractivity contribution in [1.29, 1.82) is 0 Å². The van der Waals surface area contributed by atoms with Crippen molar-refractivity contribution in [2.45, 2.75) is 162 Å². The van der Waals surface area contributed by atoms with Crippen LogP contribution in [0.5, 0.6) is 0 Å². The third-order valence-electron chi connectivity index (χ3n) is 7.38. The molecule has 1 rings (SSSR count). The molecule has 5 N–H and O–H groups in total. The van der Waals surface area contributed by atoms with E-state index >= 15 is 0 Å². The molecule has 0 radical (unpaired) electrons. The molecular weight excluding hydrogens is 502 g/mol. The Morgan fingerprint density at radius 1 is 0.650 bits per heavy atom. The fraction of sp³-hybridized carbons (Fsp3) is 0.906. The van der Waals surface area contributed by atoms with Crippen LogP contribution in [0.25, 0.3) is 0 Å². The van der Waals surface area contributed by atoms with Gasteiger partial charge in [0.25, 0.3) is 0 Å². The SMILES string of the molecule is CC(C)NCCCCC1CC(=O)CC(CCCCNC(C)(C)C)NC(=O)CC(CCCCNC(C)C)NC(=O)C1. The molecule has 0 spiro atoms. The predicted molar refractivity (Wildman–Crippen MR) is 166 cm³/mol. The fourth-order valence-electron chi connectivity index (χ4n) is 5.30. The van der Waals surface area contributed by atoms with Crippen LogP contribution in [-0.4, -0.2) is 66.9 Å². The molecule has 40 heavy (non-hydrogen) atoms. The second-order valence-corrected chi connectivity index (χ2v) is 13.6. The van der Waals surface area contributed by atoms with Gasteiger partial charge < -0.3 is 26.6 Å². The number of hydrogen-bond donors (Lipinski definition) is 5. The second kappa shape index (κ2) is 20.4. The molecule has 3 atom stereocenters. The molecule has 1 saturated heterocycles. The summed E-state index contributed by atoms with van der Waals surface area (Å²) in [5.41, 5.74) is 0.0848. The van der Waals surface area contributed by atoms with E-state index in [0.717, 1.165) is 77.4 Å². The summed E-state index contributed by atoms with van der Waals surface area (Å²) in [4.78, 5) is 39.2. The Balaban J connectivity index is 2.82. The Morgan fingerprint density at radius 2 is 1.12 bits per heavy atom. The van der Waals surface area contributed by atoms with Crippen molar-refractivity contribution in [2.24, 2.45) is 5.92 Å². The third kappa shape index (κ3) is 20.4. The first-order chi connectivity index (χ1) is 18.8. The molecule has 1 heterocycles. The molecule has 2 amide bonds. The zero-order valence-electron chi connectivity index (χ0n) is 26.9. The number of unbranched alkanes of at least 4 members (excludes halogenated alkanes) is 3. The average molecular weight is 566 g/mol. The molecule has 0 aromatic carbocycles. The van der Waals surface area contributed by atoms with Crippen LogP contribution >= 0.6 is 0 Å². The highest BCUT2D eigenvalue weighted by Gasteiger charge is 2.25. The van der Waals surface area contributed by atoms with E-state index in [-0.39, 0.29) is 47.6 Å². The van der Waals surface area contributed by atoms with Crippen molar-refractivity contribution in [2.75, 3.05) is 19.6 Å². The van der Waals surface area contributed by atoms with Gasteiger partial charge in [-0.1, -0.05) is 47.0 Å². The largest absolute Gasteiger partial charge is 0.353 e. The molecule has 3 unspecified atom stereocenters. The van der Waals surface area contributed by atoms with Gasteiger partial charge in [-0.15, -0.1) is 0 Å². The maximum absolute atomic E-state index is 13.1. The minimum Gasteiger partial charge on any atom is -0.353 e. The van der Waals surface area contributed by atoms with Gasteiger partial charge in [-0.2, -0.15) is 0 Å². The number of ketones is 1. The summed E-state index contributed by atoms with van der Waals surface area (Å²) in [6.07, 6.45) is 9.82. The summed E-state index contributed by atoms with van der Waals surface area (Å²) in [6.45, 7) is 17.8. The normalized spacial score (nSPS) is 21.7. The average Bonchev–Trinajstić information content (AvgIpc) is 2.81. The summed E-state index contributed by atoms with van der Waals surface area (Å²) in [5, 5.41) is 16.7. The Labute approximate surface area is 245 Å². The number of carbonyl (C=O) groups is 3. The molecule has 8 heteroatoms. The molecular formula is C32H63N5O3. The summed E-state index contributed by atoms with van der Waals surface area (Å²) in [5.74, 6) is 0.117. The lowest BCUT2D eigenvalue weighted by Gasteiger charge is -2.26. The highest BCUT2D eigenvalue weighted by atomic mass is 16.2. The number of amides is 2. The van der Waals surface area contributed by atoms with Gasteiger partial charge >= 0.3 is 0 Å². The van der Waals surface area contributed by atoms with Crippen LogP contribution in [0.2, 0.25) is 0 Å². The molecule has 1 aliphatic rings. The van der Waals surface area contributed by atoms with Gasteiger partial charge in [0.15, 0.2) is 0 Å². The highest BCUT2D eigenvalue weighted by molar-refractivity contribution is 5.84. The van der Waals surface area contributed by atoms with Crippen molar-refractivity contribution in [3.8, 4) is 0 Å². The Kier molecular flexibility index (Phi) is 18.6. The van der Waals surface area contributed by atoms with E-state index in [4.69, 9.17) is 0 Å². The summed E-state index contributed by atoms with van der Waals surface area (Å²) in [6, 6.07) is 0.600. The molecule has 0 saturated carbocycles. The van der Waals surface area contributed by atoms with E-state index in [9.17, 15) is 14.4 Å². The van der Waals surface area contributed by atoms with E-state index in [1.165, 1.54) is 0 Å².